The Bertz CT molecular complexity index is 1040. The molecule has 1 N–H and O–H groups in total. The normalized spacial score (nSPS) is 22.5. The minimum absolute atomic E-state index is 0.142. The molecule has 1 aromatic carbocycles. The van der Waals surface area contributed by atoms with Crippen molar-refractivity contribution in [1.29, 1.82) is 0 Å². The first-order valence-corrected chi connectivity index (χ1v) is 11.9. The standard InChI is InChI=1S/C22H29N2O7P/c1-13(2)31-21(25)18-14(3)23-15(4)20(32(28)29-11-22(5,6)12-30-32)19(18)16-8-7-9-17(10-16)24(26)27/h7-10,13,19,23H,11-12H2,1-6H3. The molecular formula is C22H29N2O7P. The lowest BCUT2D eigenvalue weighted by Crippen LogP contribution is -2.34. The molecule has 1 unspecified atom stereocenters. The van der Waals surface area contributed by atoms with Crippen molar-refractivity contribution in [3.05, 3.63) is 62.2 Å². The summed E-state index contributed by atoms with van der Waals surface area (Å²) >= 11 is 0. The highest BCUT2D eigenvalue weighted by atomic mass is 31.2. The van der Waals surface area contributed by atoms with Crippen molar-refractivity contribution < 1.29 is 28.1 Å². The molecule has 32 heavy (non-hydrogen) atoms. The second-order valence-electron chi connectivity index (χ2n) is 9.12. The van der Waals surface area contributed by atoms with Gasteiger partial charge in [-0.3, -0.25) is 14.7 Å². The van der Waals surface area contributed by atoms with Crippen LogP contribution in [0.4, 0.5) is 5.69 Å². The molecular weight excluding hydrogens is 435 g/mol. The van der Waals surface area contributed by atoms with Crippen molar-refractivity contribution in [2.24, 2.45) is 5.41 Å². The second kappa shape index (κ2) is 8.81. The minimum atomic E-state index is -3.82. The van der Waals surface area contributed by atoms with E-state index >= 15 is 0 Å². The fourth-order valence-corrected chi connectivity index (χ4v) is 6.23. The van der Waals surface area contributed by atoms with Crippen molar-refractivity contribution in [3.63, 3.8) is 0 Å². The molecule has 9 nitrogen and oxygen atoms in total. The summed E-state index contributed by atoms with van der Waals surface area (Å²) in [5.41, 5.74) is 1.21. The van der Waals surface area contributed by atoms with Gasteiger partial charge in [0, 0.05) is 28.9 Å². The number of nitrogens with one attached hydrogen (secondary N) is 1. The van der Waals surface area contributed by atoms with Crippen LogP contribution in [0.25, 0.3) is 0 Å². The summed E-state index contributed by atoms with van der Waals surface area (Å²) in [4.78, 5) is 24.0. The largest absolute Gasteiger partial charge is 0.460 e. The molecule has 0 radical (unpaired) electrons. The summed E-state index contributed by atoms with van der Waals surface area (Å²) < 4.78 is 31.0. The lowest BCUT2D eigenvalue weighted by Gasteiger charge is -2.39. The number of ether oxygens (including phenoxy) is 1. The number of nitro groups is 1. The molecule has 2 heterocycles. The molecule has 0 saturated carbocycles. The molecule has 1 saturated heterocycles. The Hall–Kier alpha value is -2.48. The van der Waals surface area contributed by atoms with E-state index in [0.717, 1.165) is 0 Å². The molecule has 1 fully saturated rings. The third kappa shape index (κ3) is 4.80. The van der Waals surface area contributed by atoms with E-state index < -0.39 is 24.4 Å². The number of nitro benzene ring substituents is 1. The van der Waals surface area contributed by atoms with Gasteiger partial charge >= 0.3 is 13.6 Å². The number of rotatable bonds is 5. The zero-order valence-corrected chi connectivity index (χ0v) is 20.0. The van der Waals surface area contributed by atoms with Gasteiger partial charge < -0.3 is 19.1 Å². The van der Waals surface area contributed by atoms with Crippen LogP contribution in [0.2, 0.25) is 0 Å². The number of benzene rings is 1. The van der Waals surface area contributed by atoms with Gasteiger partial charge in [0.05, 0.1) is 41.0 Å². The highest BCUT2D eigenvalue weighted by Gasteiger charge is 2.48. The van der Waals surface area contributed by atoms with Gasteiger partial charge in [0.15, 0.2) is 0 Å². The molecule has 1 atom stereocenters. The van der Waals surface area contributed by atoms with Gasteiger partial charge in [0.25, 0.3) is 5.69 Å². The van der Waals surface area contributed by atoms with E-state index in [1.54, 1.807) is 33.8 Å². The Kier molecular flexibility index (Phi) is 6.65. The maximum absolute atomic E-state index is 13.9. The van der Waals surface area contributed by atoms with Crippen LogP contribution in [0.1, 0.15) is 53.0 Å². The van der Waals surface area contributed by atoms with Crippen molar-refractivity contribution >= 4 is 19.3 Å². The summed E-state index contributed by atoms with van der Waals surface area (Å²) in [5, 5.41) is 14.8. The lowest BCUT2D eigenvalue weighted by atomic mass is 9.86. The summed E-state index contributed by atoms with van der Waals surface area (Å²) in [6.07, 6.45) is -0.386. The summed E-state index contributed by atoms with van der Waals surface area (Å²) in [5.74, 6) is -1.50. The number of hydrogen-bond acceptors (Lipinski definition) is 8. The molecule has 3 rings (SSSR count). The van der Waals surface area contributed by atoms with Gasteiger partial charge in [0.2, 0.25) is 0 Å². The molecule has 0 bridgehead atoms. The van der Waals surface area contributed by atoms with Crippen LogP contribution in [-0.4, -0.2) is 30.2 Å². The molecule has 174 valence electrons. The molecule has 1 aromatic rings. The van der Waals surface area contributed by atoms with E-state index in [2.05, 4.69) is 5.32 Å². The number of hydrogen-bond donors (Lipinski definition) is 1. The smallest absolute Gasteiger partial charge is 0.360 e. The highest BCUT2D eigenvalue weighted by Crippen LogP contribution is 2.66. The lowest BCUT2D eigenvalue weighted by molar-refractivity contribution is -0.384. The number of dihydropyridines is 1. The number of carbonyl (C=O) groups is 1. The summed E-state index contributed by atoms with van der Waals surface area (Å²) in [7, 11) is -3.82. The van der Waals surface area contributed by atoms with E-state index in [9.17, 15) is 19.5 Å². The number of esters is 1. The van der Waals surface area contributed by atoms with Gasteiger partial charge in [-0.05, 0) is 33.3 Å². The first kappa shape index (κ1) is 24.2. The minimum Gasteiger partial charge on any atom is -0.460 e. The number of non-ortho nitro benzene ring substituents is 1. The third-order valence-corrected chi connectivity index (χ3v) is 7.37. The Morgan fingerprint density at radius 3 is 2.44 bits per heavy atom. The molecule has 2 aliphatic rings. The van der Waals surface area contributed by atoms with E-state index in [1.807, 2.05) is 13.8 Å². The Labute approximate surface area is 187 Å². The molecule has 0 aromatic heterocycles. The number of carbonyl (C=O) groups excluding carboxylic acids is 1. The average molecular weight is 464 g/mol. The van der Waals surface area contributed by atoms with Crippen molar-refractivity contribution in [1.82, 2.24) is 5.32 Å². The zero-order valence-electron chi connectivity index (χ0n) is 19.1. The van der Waals surface area contributed by atoms with Gasteiger partial charge in [-0.1, -0.05) is 26.0 Å². The quantitative estimate of drug-likeness (QED) is 0.280. The fourth-order valence-electron chi connectivity index (χ4n) is 3.77. The van der Waals surface area contributed by atoms with E-state index in [0.29, 0.717) is 17.0 Å². The molecule has 2 aliphatic heterocycles. The molecule has 0 aliphatic carbocycles. The maximum atomic E-state index is 13.9. The van der Waals surface area contributed by atoms with Crippen molar-refractivity contribution in [2.45, 2.75) is 53.6 Å². The Balaban J connectivity index is 2.19. The van der Waals surface area contributed by atoms with Crippen molar-refractivity contribution in [3.8, 4) is 0 Å². The topological polar surface area (TPSA) is 117 Å². The number of allylic oxidation sites excluding steroid dienone is 3. The highest BCUT2D eigenvalue weighted by molar-refractivity contribution is 7.58. The van der Waals surface area contributed by atoms with Crippen LogP contribution in [0, 0.1) is 15.5 Å². The average Bonchev–Trinajstić information content (AvgIpc) is 2.69. The molecule has 0 spiro atoms. The van der Waals surface area contributed by atoms with Gasteiger partial charge in [-0.2, -0.15) is 0 Å². The first-order chi connectivity index (χ1) is 14.8. The fraction of sp³-hybridized carbons (Fsp3) is 0.500. The molecule has 0 amide bonds. The van der Waals surface area contributed by atoms with Crippen LogP contribution in [-0.2, 0) is 23.1 Å². The predicted octanol–water partition coefficient (Wildman–Crippen LogP) is 5.00. The Morgan fingerprint density at radius 1 is 1.25 bits per heavy atom. The second-order valence-corrected chi connectivity index (χ2v) is 11.1. The number of nitrogens with zero attached hydrogens (tertiary/aromatic N) is 1. The monoisotopic (exact) mass is 464 g/mol. The van der Waals surface area contributed by atoms with Crippen molar-refractivity contribution in [2.75, 3.05) is 13.2 Å². The predicted molar refractivity (Wildman–Crippen MR) is 119 cm³/mol. The Morgan fingerprint density at radius 2 is 1.88 bits per heavy atom. The maximum Gasteiger partial charge on any atom is 0.360 e. The third-order valence-electron chi connectivity index (χ3n) is 5.25. The first-order valence-electron chi connectivity index (χ1n) is 10.4. The summed E-state index contributed by atoms with van der Waals surface area (Å²) in [6.45, 7) is 11.2. The van der Waals surface area contributed by atoms with Crippen LogP contribution >= 0.6 is 7.60 Å². The van der Waals surface area contributed by atoms with Crippen LogP contribution < -0.4 is 5.32 Å². The van der Waals surface area contributed by atoms with E-state index in [1.165, 1.54) is 18.2 Å². The van der Waals surface area contributed by atoms with Crippen LogP contribution in [0.3, 0.4) is 0 Å². The van der Waals surface area contributed by atoms with Crippen LogP contribution in [0.5, 0.6) is 0 Å². The summed E-state index contributed by atoms with van der Waals surface area (Å²) in [6, 6.07) is 5.93. The zero-order chi connectivity index (χ0) is 23.8. The van der Waals surface area contributed by atoms with Gasteiger partial charge in [0.1, 0.15) is 0 Å². The van der Waals surface area contributed by atoms with Gasteiger partial charge in [-0.25, -0.2) is 4.79 Å². The van der Waals surface area contributed by atoms with E-state index in [4.69, 9.17) is 13.8 Å². The molecule has 10 heteroatoms. The van der Waals surface area contributed by atoms with Gasteiger partial charge in [-0.15, -0.1) is 0 Å². The van der Waals surface area contributed by atoms with Crippen LogP contribution in [0.15, 0.2) is 46.5 Å². The SMILES string of the molecule is CC1=C(C(=O)OC(C)C)C(c2cccc([N+](=O)[O-])c2)C(P2(=O)OCC(C)(C)CO2)=C(C)N1. The van der Waals surface area contributed by atoms with E-state index in [-0.39, 0.29) is 41.3 Å².